The molecule has 0 aliphatic rings. The van der Waals surface area contributed by atoms with Crippen molar-refractivity contribution < 1.29 is 9.53 Å². The molecule has 1 aromatic heterocycles. The lowest BCUT2D eigenvalue weighted by atomic mass is 10.3. The molecule has 0 bridgehead atoms. The van der Waals surface area contributed by atoms with Crippen LogP contribution in [0.15, 0.2) is 65.8 Å². The summed E-state index contributed by atoms with van der Waals surface area (Å²) in [5, 5.41) is 13.6. The molecule has 0 aliphatic carbocycles. The van der Waals surface area contributed by atoms with Crippen LogP contribution in [0.1, 0.15) is 0 Å². The lowest BCUT2D eigenvalue weighted by Crippen LogP contribution is -2.14. The quantitative estimate of drug-likeness (QED) is 0.679. The summed E-state index contributed by atoms with van der Waals surface area (Å²) in [6.45, 7) is 0. The van der Waals surface area contributed by atoms with Gasteiger partial charge < -0.3 is 10.1 Å². The number of H-pyrrole nitrogens is 1. The summed E-state index contributed by atoms with van der Waals surface area (Å²) in [6.07, 6.45) is 1.57. The Hall–Kier alpha value is -2.80. The number of amides is 1. The molecule has 0 aliphatic heterocycles. The van der Waals surface area contributed by atoms with E-state index in [1.807, 2.05) is 48.5 Å². The second-order valence-corrected chi connectivity index (χ2v) is 5.55. The predicted molar refractivity (Wildman–Crippen MR) is 88.7 cm³/mol. The van der Waals surface area contributed by atoms with Crippen molar-refractivity contribution in [3.8, 4) is 11.5 Å². The molecule has 2 aromatic carbocycles. The first kappa shape index (κ1) is 15.1. The van der Waals surface area contributed by atoms with Gasteiger partial charge in [-0.2, -0.15) is 10.3 Å². The fourth-order valence-corrected chi connectivity index (χ4v) is 2.44. The summed E-state index contributed by atoms with van der Waals surface area (Å²) in [7, 11) is 0. The van der Waals surface area contributed by atoms with Crippen LogP contribution in [0.25, 0.3) is 0 Å². The molecule has 1 heterocycles. The zero-order chi connectivity index (χ0) is 15.9. The first-order valence-electron chi connectivity index (χ1n) is 6.91. The van der Waals surface area contributed by atoms with E-state index in [-0.39, 0.29) is 11.7 Å². The highest BCUT2D eigenvalue weighted by Gasteiger charge is 2.09. The minimum atomic E-state index is -0.137. The fraction of sp³-hybridized carbons (Fsp3) is 0.0625. The maximum atomic E-state index is 12.1. The van der Waals surface area contributed by atoms with Crippen LogP contribution in [0.3, 0.4) is 0 Å². The third kappa shape index (κ3) is 4.33. The van der Waals surface area contributed by atoms with Gasteiger partial charge in [0.15, 0.2) is 5.75 Å². The average molecular weight is 326 g/mol. The normalized spacial score (nSPS) is 10.3. The number of nitrogens with one attached hydrogen (secondary N) is 2. The van der Waals surface area contributed by atoms with Gasteiger partial charge in [-0.3, -0.25) is 4.79 Å². The number of hydrogen-bond donors (Lipinski definition) is 2. The molecule has 3 rings (SSSR count). The van der Waals surface area contributed by atoms with Crippen LogP contribution in [-0.2, 0) is 4.79 Å². The Kier molecular flexibility index (Phi) is 4.90. The molecule has 116 valence electrons. The van der Waals surface area contributed by atoms with Gasteiger partial charge in [0.05, 0.1) is 17.6 Å². The lowest BCUT2D eigenvalue weighted by molar-refractivity contribution is -0.113. The number of carbonyl (C=O) groups excluding carboxylic acids is 1. The van der Waals surface area contributed by atoms with E-state index in [2.05, 4.69) is 20.7 Å². The number of nitrogens with zero attached hydrogens (tertiary/aromatic N) is 2. The Morgan fingerprint density at radius 2 is 1.91 bits per heavy atom. The molecule has 0 saturated heterocycles. The summed E-state index contributed by atoms with van der Waals surface area (Å²) in [4.78, 5) is 12.1. The predicted octanol–water partition coefficient (Wildman–Crippen LogP) is 3.33. The summed E-state index contributed by atoms with van der Waals surface area (Å²) < 4.78 is 5.81. The number of ether oxygens (including phenoxy) is 1. The SMILES string of the molecule is O=C(CSc1cn[nH]n1)Nc1ccccc1Oc1ccccc1. The molecule has 0 radical (unpaired) electrons. The maximum Gasteiger partial charge on any atom is 0.234 e. The van der Waals surface area contributed by atoms with Crippen LogP contribution in [-0.4, -0.2) is 27.1 Å². The van der Waals surface area contributed by atoms with Crippen molar-refractivity contribution in [3.63, 3.8) is 0 Å². The van der Waals surface area contributed by atoms with Crippen molar-refractivity contribution in [1.82, 2.24) is 15.4 Å². The van der Waals surface area contributed by atoms with Crippen LogP contribution in [0.5, 0.6) is 11.5 Å². The molecule has 2 N–H and O–H groups in total. The highest BCUT2D eigenvalue weighted by atomic mass is 32.2. The maximum absolute atomic E-state index is 12.1. The number of anilines is 1. The van der Waals surface area contributed by atoms with Gasteiger partial charge in [-0.1, -0.05) is 42.1 Å². The number of carbonyl (C=O) groups is 1. The molecule has 7 heteroatoms. The monoisotopic (exact) mass is 326 g/mol. The van der Waals surface area contributed by atoms with E-state index >= 15 is 0 Å². The summed E-state index contributed by atoms with van der Waals surface area (Å²) in [5.74, 6) is 1.42. The number of rotatable bonds is 6. The Bertz CT molecular complexity index is 763. The molecule has 0 saturated carbocycles. The topological polar surface area (TPSA) is 79.9 Å². The van der Waals surface area contributed by atoms with E-state index in [0.29, 0.717) is 22.2 Å². The van der Waals surface area contributed by atoms with Crippen LogP contribution >= 0.6 is 11.8 Å². The summed E-state index contributed by atoms with van der Waals surface area (Å²) in [5.41, 5.74) is 0.627. The summed E-state index contributed by atoms with van der Waals surface area (Å²) >= 11 is 1.31. The summed E-state index contributed by atoms with van der Waals surface area (Å²) in [6, 6.07) is 16.7. The Morgan fingerprint density at radius 3 is 2.70 bits per heavy atom. The number of thioether (sulfide) groups is 1. The van der Waals surface area contributed by atoms with Crippen LogP contribution in [0.4, 0.5) is 5.69 Å². The second-order valence-electron chi connectivity index (χ2n) is 4.56. The number of benzene rings is 2. The molecule has 3 aromatic rings. The zero-order valence-corrected chi connectivity index (χ0v) is 12.9. The third-order valence-electron chi connectivity index (χ3n) is 2.88. The van der Waals surface area contributed by atoms with Crippen molar-refractivity contribution in [2.75, 3.05) is 11.1 Å². The minimum absolute atomic E-state index is 0.137. The van der Waals surface area contributed by atoms with E-state index in [4.69, 9.17) is 4.74 Å². The molecule has 23 heavy (non-hydrogen) atoms. The smallest absolute Gasteiger partial charge is 0.234 e. The zero-order valence-electron chi connectivity index (χ0n) is 12.1. The molecule has 0 spiro atoms. The van der Waals surface area contributed by atoms with Crippen molar-refractivity contribution in [3.05, 3.63) is 60.8 Å². The number of hydrogen-bond acceptors (Lipinski definition) is 5. The standard InChI is InChI=1S/C16H14N4O2S/c21-15(11-23-16-10-17-20-19-16)18-13-8-4-5-9-14(13)22-12-6-2-1-3-7-12/h1-10H,11H2,(H,18,21)(H,17,19,20). The molecular weight excluding hydrogens is 312 g/mol. The Labute approximate surface area is 137 Å². The van der Waals surface area contributed by atoms with Crippen LogP contribution in [0, 0.1) is 0 Å². The van der Waals surface area contributed by atoms with Crippen LogP contribution in [0.2, 0.25) is 0 Å². The average Bonchev–Trinajstić information content (AvgIpc) is 3.09. The Morgan fingerprint density at radius 1 is 1.13 bits per heavy atom. The van der Waals surface area contributed by atoms with E-state index in [1.165, 1.54) is 11.8 Å². The van der Waals surface area contributed by atoms with Crippen LogP contribution < -0.4 is 10.1 Å². The fourth-order valence-electron chi connectivity index (χ4n) is 1.86. The molecule has 1 amide bonds. The molecule has 0 unspecified atom stereocenters. The third-order valence-corrected chi connectivity index (χ3v) is 3.78. The van der Waals surface area contributed by atoms with Gasteiger partial charge in [-0.25, -0.2) is 0 Å². The van der Waals surface area contributed by atoms with E-state index in [9.17, 15) is 4.79 Å². The van der Waals surface area contributed by atoms with Gasteiger partial charge >= 0.3 is 0 Å². The van der Waals surface area contributed by atoms with E-state index < -0.39 is 0 Å². The van der Waals surface area contributed by atoms with Gasteiger partial charge in [0.25, 0.3) is 0 Å². The minimum Gasteiger partial charge on any atom is -0.455 e. The highest BCUT2D eigenvalue weighted by Crippen LogP contribution is 2.29. The molecular formula is C16H14N4O2S. The van der Waals surface area contributed by atoms with Crippen molar-refractivity contribution in [2.45, 2.75) is 5.03 Å². The Balaban J connectivity index is 1.64. The van der Waals surface area contributed by atoms with Gasteiger partial charge in [-0.15, -0.1) is 5.10 Å². The van der Waals surface area contributed by atoms with Gasteiger partial charge in [0, 0.05) is 0 Å². The largest absolute Gasteiger partial charge is 0.455 e. The first-order chi connectivity index (χ1) is 11.3. The van der Waals surface area contributed by atoms with Gasteiger partial charge in [-0.05, 0) is 24.3 Å². The van der Waals surface area contributed by atoms with Crippen molar-refractivity contribution in [2.24, 2.45) is 0 Å². The number of aromatic amines is 1. The first-order valence-corrected chi connectivity index (χ1v) is 7.90. The van der Waals surface area contributed by atoms with Crippen molar-refractivity contribution >= 4 is 23.4 Å². The van der Waals surface area contributed by atoms with Crippen molar-refractivity contribution in [1.29, 1.82) is 0 Å². The number of para-hydroxylation sites is 3. The van der Waals surface area contributed by atoms with Gasteiger partial charge in [0.1, 0.15) is 10.8 Å². The van der Waals surface area contributed by atoms with E-state index in [0.717, 1.165) is 0 Å². The lowest BCUT2D eigenvalue weighted by Gasteiger charge is -2.11. The molecule has 0 atom stereocenters. The second kappa shape index (κ2) is 7.46. The molecule has 0 fully saturated rings. The van der Waals surface area contributed by atoms with Gasteiger partial charge in [0.2, 0.25) is 5.91 Å². The number of aromatic nitrogens is 3. The van der Waals surface area contributed by atoms with E-state index in [1.54, 1.807) is 12.3 Å². The molecule has 6 nitrogen and oxygen atoms in total. The highest BCUT2D eigenvalue weighted by molar-refractivity contribution is 7.99.